The first-order valence-electron chi connectivity index (χ1n) is 7.55. The molecule has 0 fully saturated rings. The number of fused-ring (bicyclic) bond motifs is 1. The van der Waals surface area contributed by atoms with Crippen molar-refractivity contribution in [2.24, 2.45) is 0 Å². The third-order valence-corrected chi connectivity index (χ3v) is 4.18. The standard InChI is InChI=1S/C19H16ClN3O2/c1-11-6-13(20)4-5-15(11)23-19-12(9-21)10-22-16-8-18(25-3)17(24-2)7-14(16)19/h4-8,10H,1-3H3,(H,22,23). The number of anilines is 2. The average molecular weight is 354 g/mol. The van der Waals surface area contributed by atoms with Crippen LogP contribution < -0.4 is 14.8 Å². The first-order valence-corrected chi connectivity index (χ1v) is 7.93. The molecule has 0 saturated carbocycles. The van der Waals surface area contributed by atoms with Crippen LogP contribution in [0.1, 0.15) is 11.1 Å². The van der Waals surface area contributed by atoms with Gasteiger partial charge in [0.25, 0.3) is 0 Å². The molecule has 1 aromatic heterocycles. The lowest BCUT2D eigenvalue weighted by Gasteiger charge is -2.15. The highest BCUT2D eigenvalue weighted by Gasteiger charge is 2.14. The fourth-order valence-corrected chi connectivity index (χ4v) is 2.87. The number of rotatable bonds is 4. The summed E-state index contributed by atoms with van der Waals surface area (Å²) >= 11 is 6.03. The van der Waals surface area contributed by atoms with Gasteiger partial charge in [0.2, 0.25) is 0 Å². The van der Waals surface area contributed by atoms with Gasteiger partial charge in [0.1, 0.15) is 6.07 Å². The average Bonchev–Trinajstić information content (AvgIpc) is 2.62. The number of pyridine rings is 1. The quantitative estimate of drug-likeness (QED) is 0.727. The van der Waals surface area contributed by atoms with Crippen LogP contribution in [-0.2, 0) is 0 Å². The monoisotopic (exact) mass is 353 g/mol. The lowest BCUT2D eigenvalue weighted by molar-refractivity contribution is 0.356. The Morgan fingerprint density at radius 2 is 1.84 bits per heavy atom. The second kappa shape index (κ2) is 6.88. The van der Waals surface area contributed by atoms with E-state index in [0.717, 1.165) is 16.6 Å². The molecule has 0 radical (unpaired) electrons. The zero-order chi connectivity index (χ0) is 18.0. The summed E-state index contributed by atoms with van der Waals surface area (Å²) in [5, 5.41) is 14.3. The van der Waals surface area contributed by atoms with Gasteiger partial charge in [0.15, 0.2) is 11.5 Å². The number of hydrogen-bond donors (Lipinski definition) is 1. The number of hydrogen-bond acceptors (Lipinski definition) is 5. The van der Waals surface area contributed by atoms with Crippen LogP contribution in [0, 0.1) is 18.3 Å². The Morgan fingerprint density at radius 3 is 2.48 bits per heavy atom. The summed E-state index contributed by atoms with van der Waals surface area (Å²) in [7, 11) is 3.14. The lowest BCUT2D eigenvalue weighted by atomic mass is 10.1. The highest BCUT2D eigenvalue weighted by atomic mass is 35.5. The van der Waals surface area contributed by atoms with E-state index in [1.54, 1.807) is 32.5 Å². The topological polar surface area (TPSA) is 67.2 Å². The smallest absolute Gasteiger partial charge is 0.162 e. The molecule has 126 valence electrons. The van der Waals surface area contributed by atoms with Crippen LogP contribution in [0.4, 0.5) is 11.4 Å². The van der Waals surface area contributed by atoms with Crippen molar-refractivity contribution in [3.8, 4) is 17.6 Å². The van der Waals surface area contributed by atoms with E-state index < -0.39 is 0 Å². The number of aromatic nitrogens is 1. The highest BCUT2D eigenvalue weighted by Crippen LogP contribution is 2.37. The summed E-state index contributed by atoms with van der Waals surface area (Å²) in [4.78, 5) is 4.36. The van der Waals surface area contributed by atoms with Crippen molar-refractivity contribution in [2.45, 2.75) is 6.92 Å². The van der Waals surface area contributed by atoms with Crippen molar-refractivity contribution in [2.75, 3.05) is 19.5 Å². The largest absolute Gasteiger partial charge is 0.493 e. The first-order chi connectivity index (χ1) is 12.1. The minimum Gasteiger partial charge on any atom is -0.493 e. The zero-order valence-electron chi connectivity index (χ0n) is 14.1. The van der Waals surface area contributed by atoms with E-state index in [9.17, 15) is 5.26 Å². The molecule has 0 unspecified atom stereocenters. The Balaban J connectivity index is 2.22. The van der Waals surface area contributed by atoms with Crippen LogP contribution in [0.3, 0.4) is 0 Å². The second-order valence-electron chi connectivity index (χ2n) is 5.47. The van der Waals surface area contributed by atoms with Gasteiger partial charge >= 0.3 is 0 Å². The number of nitriles is 1. The van der Waals surface area contributed by atoms with Gasteiger partial charge in [0, 0.05) is 28.4 Å². The van der Waals surface area contributed by atoms with Crippen LogP contribution in [0.15, 0.2) is 36.5 Å². The number of methoxy groups -OCH3 is 2. The van der Waals surface area contributed by atoms with Crippen molar-refractivity contribution in [1.82, 2.24) is 4.98 Å². The van der Waals surface area contributed by atoms with Crippen molar-refractivity contribution in [3.63, 3.8) is 0 Å². The Bertz CT molecular complexity index is 996. The van der Waals surface area contributed by atoms with Crippen LogP contribution >= 0.6 is 11.6 Å². The normalized spacial score (nSPS) is 10.4. The predicted octanol–water partition coefficient (Wildman–Crippen LogP) is 4.83. The molecule has 2 aromatic carbocycles. The van der Waals surface area contributed by atoms with E-state index in [4.69, 9.17) is 21.1 Å². The van der Waals surface area contributed by atoms with Crippen LogP contribution in [0.5, 0.6) is 11.5 Å². The van der Waals surface area contributed by atoms with Gasteiger partial charge in [-0.25, -0.2) is 0 Å². The highest BCUT2D eigenvalue weighted by molar-refractivity contribution is 6.30. The molecule has 3 rings (SSSR count). The number of benzene rings is 2. The molecule has 6 heteroatoms. The fourth-order valence-electron chi connectivity index (χ4n) is 2.64. The molecule has 1 heterocycles. The molecule has 0 saturated heterocycles. The molecular weight excluding hydrogens is 338 g/mol. The summed E-state index contributed by atoms with van der Waals surface area (Å²) in [5.41, 5.74) is 3.64. The summed E-state index contributed by atoms with van der Waals surface area (Å²) in [5.74, 6) is 1.16. The van der Waals surface area contributed by atoms with E-state index >= 15 is 0 Å². The molecule has 0 aliphatic carbocycles. The SMILES string of the molecule is COc1cc2ncc(C#N)c(Nc3ccc(Cl)cc3C)c2cc1OC. The molecule has 3 aromatic rings. The molecule has 0 aliphatic rings. The van der Waals surface area contributed by atoms with Crippen molar-refractivity contribution >= 4 is 33.9 Å². The Labute approximate surface area is 150 Å². The van der Waals surface area contributed by atoms with Gasteiger partial charge in [-0.05, 0) is 36.8 Å². The van der Waals surface area contributed by atoms with Gasteiger partial charge in [-0.15, -0.1) is 0 Å². The van der Waals surface area contributed by atoms with Crippen LogP contribution in [-0.4, -0.2) is 19.2 Å². The molecule has 5 nitrogen and oxygen atoms in total. The Kier molecular flexibility index (Phi) is 4.64. The van der Waals surface area contributed by atoms with Gasteiger partial charge in [-0.3, -0.25) is 4.98 Å². The molecule has 0 spiro atoms. The number of halogens is 1. The number of ether oxygens (including phenoxy) is 2. The van der Waals surface area contributed by atoms with Gasteiger partial charge < -0.3 is 14.8 Å². The third-order valence-electron chi connectivity index (χ3n) is 3.94. The summed E-state index contributed by atoms with van der Waals surface area (Å²) in [6, 6.07) is 11.3. The summed E-state index contributed by atoms with van der Waals surface area (Å²) < 4.78 is 10.7. The molecule has 0 aliphatic heterocycles. The third kappa shape index (κ3) is 3.17. The first kappa shape index (κ1) is 16.9. The van der Waals surface area contributed by atoms with Crippen molar-refractivity contribution < 1.29 is 9.47 Å². The van der Waals surface area contributed by atoms with E-state index in [2.05, 4.69) is 16.4 Å². The Morgan fingerprint density at radius 1 is 1.12 bits per heavy atom. The maximum atomic E-state index is 9.49. The van der Waals surface area contributed by atoms with Gasteiger partial charge in [-0.2, -0.15) is 5.26 Å². The van der Waals surface area contributed by atoms with Crippen molar-refractivity contribution in [3.05, 3.63) is 52.7 Å². The summed E-state index contributed by atoms with van der Waals surface area (Å²) in [6.45, 7) is 1.95. The van der Waals surface area contributed by atoms with Crippen LogP contribution in [0.25, 0.3) is 10.9 Å². The number of nitrogens with zero attached hydrogens (tertiary/aromatic N) is 2. The van der Waals surface area contributed by atoms with E-state index in [1.165, 1.54) is 0 Å². The molecule has 0 atom stereocenters. The zero-order valence-corrected chi connectivity index (χ0v) is 14.8. The van der Waals surface area contributed by atoms with Crippen molar-refractivity contribution in [1.29, 1.82) is 5.26 Å². The number of aryl methyl sites for hydroxylation is 1. The molecule has 25 heavy (non-hydrogen) atoms. The second-order valence-corrected chi connectivity index (χ2v) is 5.90. The van der Waals surface area contributed by atoms with Gasteiger partial charge in [-0.1, -0.05) is 11.6 Å². The maximum Gasteiger partial charge on any atom is 0.162 e. The minimum absolute atomic E-state index is 0.439. The minimum atomic E-state index is 0.439. The van der Waals surface area contributed by atoms with Gasteiger partial charge in [0.05, 0.1) is 31.0 Å². The summed E-state index contributed by atoms with van der Waals surface area (Å²) in [6.07, 6.45) is 1.54. The van der Waals surface area contributed by atoms with E-state index in [1.807, 2.05) is 25.1 Å². The van der Waals surface area contributed by atoms with E-state index in [-0.39, 0.29) is 0 Å². The predicted molar refractivity (Wildman–Crippen MR) is 99.0 cm³/mol. The lowest BCUT2D eigenvalue weighted by Crippen LogP contribution is -1.99. The van der Waals surface area contributed by atoms with Crippen LogP contribution in [0.2, 0.25) is 5.02 Å². The fraction of sp³-hybridized carbons (Fsp3) is 0.158. The molecule has 0 amide bonds. The Hall–Kier alpha value is -2.97. The molecule has 1 N–H and O–H groups in total. The van der Waals surface area contributed by atoms with E-state index in [0.29, 0.717) is 33.3 Å². The maximum absolute atomic E-state index is 9.49. The number of nitrogens with one attached hydrogen (secondary N) is 1. The molecular formula is C19H16ClN3O2. The molecule has 0 bridgehead atoms.